The molecule has 0 unspecified atom stereocenters. The van der Waals surface area contributed by atoms with Crippen LogP contribution in [0.4, 0.5) is 4.39 Å². The molecule has 2 atom stereocenters. The second-order valence-corrected chi connectivity index (χ2v) is 6.45. The van der Waals surface area contributed by atoms with Gasteiger partial charge in [-0.3, -0.25) is 9.69 Å². The fourth-order valence-electron chi connectivity index (χ4n) is 3.15. The van der Waals surface area contributed by atoms with Gasteiger partial charge >= 0.3 is 0 Å². The number of halogens is 1. The van der Waals surface area contributed by atoms with E-state index >= 15 is 0 Å². The average Bonchev–Trinajstić information content (AvgIpc) is 2.54. The Morgan fingerprint density at radius 3 is 3.04 bits per heavy atom. The normalized spacial score (nSPS) is 19.8. The van der Waals surface area contributed by atoms with Crippen LogP contribution in [0.5, 0.6) is 0 Å². The maximum absolute atomic E-state index is 13.3. The molecule has 2 rings (SSSR count). The molecule has 0 N–H and O–H groups in total. The van der Waals surface area contributed by atoms with Gasteiger partial charge in [-0.2, -0.15) is 5.26 Å². The monoisotopic (exact) mass is 317 g/mol. The lowest BCUT2D eigenvalue weighted by molar-refractivity contribution is -0.136. The highest BCUT2D eigenvalue weighted by atomic mass is 19.1. The van der Waals surface area contributed by atoms with Crippen LogP contribution < -0.4 is 0 Å². The predicted octanol–water partition coefficient (Wildman–Crippen LogP) is 2.66. The third-order valence-corrected chi connectivity index (χ3v) is 4.29. The predicted molar refractivity (Wildman–Crippen MR) is 86.8 cm³/mol. The lowest BCUT2D eigenvalue weighted by atomic mass is 9.96. The molecule has 0 saturated carbocycles. The third kappa shape index (κ3) is 5.04. The standard InChI is InChI=1S/C18H24FN3O/c1-14(10-20)11-21(2)18(23)16-6-4-8-22(13-16)12-15-5-3-7-17(19)9-15/h3,5,7,9,14,16H,4,6,8,11-13H2,1-2H3/t14-,16+/m1/s1. The molecule has 1 aliphatic rings. The molecule has 1 aromatic rings. The second kappa shape index (κ2) is 8.07. The van der Waals surface area contributed by atoms with Gasteiger partial charge in [-0.1, -0.05) is 12.1 Å². The first-order chi connectivity index (χ1) is 11.0. The van der Waals surface area contributed by atoms with Gasteiger partial charge in [0.15, 0.2) is 0 Å². The van der Waals surface area contributed by atoms with E-state index in [2.05, 4.69) is 11.0 Å². The molecule has 1 amide bonds. The van der Waals surface area contributed by atoms with Gasteiger partial charge in [-0.05, 0) is 44.0 Å². The summed E-state index contributed by atoms with van der Waals surface area (Å²) < 4.78 is 13.3. The maximum atomic E-state index is 13.3. The summed E-state index contributed by atoms with van der Waals surface area (Å²) >= 11 is 0. The van der Waals surface area contributed by atoms with E-state index in [1.165, 1.54) is 6.07 Å². The highest BCUT2D eigenvalue weighted by Gasteiger charge is 2.28. The Bertz CT molecular complexity index is 584. The molecule has 1 fully saturated rings. The Balaban J connectivity index is 1.92. The summed E-state index contributed by atoms with van der Waals surface area (Å²) in [5.41, 5.74) is 0.935. The van der Waals surface area contributed by atoms with Gasteiger partial charge in [0.25, 0.3) is 0 Å². The van der Waals surface area contributed by atoms with Crippen LogP contribution in [0.25, 0.3) is 0 Å². The number of carbonyl (C=O) groups excluding carboxylic acids is 1. The van der Waals surface area contributed by atoms with E-state index < -0.39 is 0 Å². The molecule has 0 aromatic heterocycles. The van der Waals surface area contributed by atoms with Crippen LogP contribution in [0, 0.1) is 29.0 Å². The first-order valence-corrected chi connectivity index (χ1v) is 8.11. The van der Waals surface area contributed by atoms with Gasteiger partial charge in [-0.15, -0.1) is 0 Å². The number of piperidine rings is 1. The third-order valence-electron chi connectivity index (χ3n) is 4.29. The molecule has 23 heavy (non-hydrogen) atoms. The molecule has 4 nitrogen and oxygen atoms in total. The minimum Gasteiger partial charge on any atom is -0.344 e. The van der Waals surface area contributed by atoms with Crippen molar-refractivity contribution in [1.29, 1.82) is 5.26 Å². The summed E-state index contributed by atoms with van der Waals surface area (Å²) in [6.07, 6.45) is 1.84. The molecule has 0 aliphatic carbocycles. The Kier molecular flexibility index (Phi) is 6.12. The second-order valence-electron chi connectivity index (χ2n) is 6.45. The van der Waals surface area contributed by atoms with E-state index in [-0.39, 0.29) is 23.6 Å². The van der Waals surface area contributed by atoms with E-state index in [1.807, 2.05) is 13.0 Å². The number of likely N-dealkylation sites (tertiary alicyclic amines) is 1. The fourth-order valence-corrected chi connectivity index (χ4v) is 3.15. The minimum absolute atomic E-state index is 0.0341. The number of benzene rings is 1. The average molecular weight is 317 g/mol. The van der Waals surface area contributed by atoms with Gasteiger partial charge in [0, 0.05) is 26.7 Å². The molecule has 1 saturated heterocycles. The van der Waals surface area contributed by atoms with Crippen molar-refractivity contribution >= 4 is 5.91 Å². The molecule has 5 heteroatoms. The van der Waals surface area contributed by atoms with Crippen molar-refractivity contribution in [3.63, 3.8) is 0 Å². The van der Waals surface area contributed by atoms with Crippen molar-refractivity contribution in [2.45, 2.75) is 26.3 Å². The Labute approximate surface area is 137 Å². The Morgan fingerprint density at radius 2 is 2.35 bits per heavy atom. The molecule has 0 radical (unpaired) electrons. The summed E-state index contributed by atoms with van der Waals surface area (Å²) in [7, 11) is 1.77. The van der Waals surface area contributed by atoms with Crippen molar-refractivity contribution in [3.8, 4) is 6.07 Å². The minimum atomic E-state index is -0.225. The molecule has 0 bridgehead atoms. The first kappa shape index (κ1) is 17.4. The summed E-state index contributed by atoms with van der Waals surface area (Å²) in [5.74, 6) is -0.308. The molecule has 1 heterocycles. The van der Waals surface area contributed by atoms with Gasteiger partial charge in [-0.25, -0.2) is 4.39 Å². The largest absolute Gasteiger partial charge is 0.344 e. The number of hydrogen-bond acceptors (Lipinski definition) is 3. The summed E-state index contributed by atoms with van der Waals surface area (Å²) in [4.78, 5) is 16.4. The van der Waals surface area contributed by atoms with Crippen molar-refractivity contribution in [1.82, 2.24) is 9.80 Å². The van der Waals surface area contributed by atoms with Crippen LogP contribution in [0.1, 0.15) is 25.3 Å². The van der Waals surface area contributed by atoms with Crippen LogP contribution in [0.2, 0.25) is 0 Å². The number of nitriles is 1. The topological polar surface area (TPSA) is 47.3 Å². The molecular formula is C18H24FN3O. The SMILES string of the molecule is C[C@H](C#N)CN(C)C(=O)[C@H]1CCCN(Cc2cccc(F)c2)C1. The van der Waals surface area contributed by atoms with E-state index in [0.717, 1.165) is 24.9 Å². The highest BCUT2D eigenvalue weighted by molar-refractivity contribution is 5.79. The van der Waals surface area contributed by atoms with Crippen molar-refractivity contribution in [2.75, 3.05) is 26.7 Å². The summed E-state index contributed by atoms with van der Waals surface area (Å²) in [6.45, 7) is 4.58. The van der Waals surface area contributed by atoms with Crippen LogP contribution in [-0.4, -0.2) is 42.4 Å². The molecule has 124 valence electrons. The molecule has 1 aromatic carbocycles. The molecular weight excluding hydrogens is 293 g/mol. The number of nitrogens with zero attached hydrogens (tertiary/aromatic N) is 3. The quantitative estimate of drug-likeness (QED) is 0.839. The zero-order valence-corrected chi connectivity index (χ0v) is 13.8. The number of hydrogen-bond donors (Lipinski definition) is 0. The smallest absolute Gasteiger partial charge is 0.226 e. The fraction of sp³-hybridized carbons (Fsp3) is 0.556. The summed E-state index contributed by atoms with van der Waals surface area (Å²) in [5, 5.41) is 8.88. The van der Waals surface area contributed by atoms with Gasteiger partial charge in [0.1, 0.15) is 5.82 Å². The number of amides is 1. The first-order valence-electron chi connectivity index (χ1n) is 8.11. The number of carbonyl (C=O) groups is 1. The Hall–Kier alpha value is -1.93. The van der Waals surface area contributed by atoms with E-state index in [0.29, 0.717) is 19.6 Å². The lowest BCUT2D eigenvalue weighted by Crippen LogP contribution is -2.44. The van der Waals surface area contributed by atoms with Crippen molar-refractivity contribution in [3.05, 3.63) is 35.6 Å². The van der Waals surface area contributed by atoms with Crippen LogP contribution >= 0.6 is 0 Å². The van der Waals surface area contributed by atoms with Crippen LogP contribution in [0.3, 0.4) is 0 Å². The van der Waals surface area contributed by atoms with E-state index in [9.17, 15) is 9.18 Å². The van der Waals surface area contributed by atoms with Crippen LogP contribution in [-0.2, 0) is 11.3 Å². The van der Waals surface area contributed by atoms with E-state index in [1.54, 1.807) is 24.1 Å². The van der Waals surface area contributed by atoms with Gasteiger partial charge in [0.2, 0.25) is 5.91 Å². The molecule has 0 spiro atoms. The highest BCUT2D eigenvalue weighted by Crippen LogP contribution is 2.21. The molecule has 1 aliphatic heterocycles. The van der Waals surface area contributed by atoms with Crippen LogP contribution in [0.15, 0.2) is 24.3 Å². The Morgan fingerprint density at radius 1 is 1.57 bits per heavy atom. The maximum Gasteiger partial charge on any atom is 0.226 e. The zero-order valence-electron chi connectivity index (χ0n) is 13.8. The van der Waals surface area contributed by atoms with E-state index in [4.69, 9.17) is 5.26 Å². The summed E-state index contributed by atoms with van der Waals surface area (Å²) in [6, 6.07) is 8.78. The van der Waals surface area contributed by atoms with Gasteiger partial charge < -0.3 is 4.90 Å². The van der Waals surface area contributed by atoms with Crippen molar-refractivity contribution < 1.29 is 9.18 Å². The van der Waals surface area contributed by atoms with Gasteiger partial charge in [0.05, 0.1) is 17.9 Å². The zero-order chi connectivity index (χ0) is 16.8. The lowest BCUT2D eigenvalue weighted by Gasteiger charge is -2.34. The number of rotatable bonds is 5. The van der Waals surface area contributed by atoms with Crippen molar-refractivity contribution in [2.24, 2.45) is 11.8 Å².